The number of methoxy groups -OCH3 is 2. The van der Waals surface area contributed by atoms with Gasteiger partial charge in [0, 0.05) is 33.2 Å². The number of nitrogens with zero attached hydrogens (tertiary/aromatic N) is 2. The minimum atomic E-state index is -0.817. The number of rotatable bonds is 4. The fraction of sp³-hybridized carbons (Fsp3) is 0.176. The zero-order chi connectivity index (χ0) is 31.9. The van der Waals surface area contributed by atoms with E-state index < -0.39 is 40.1 Å². The van der Waals surface area contributed by atoms with E-state index >= 15 is 0 Å². The molecule has 0 fully saturated rings. The molecule has 2 aliphatic carbocycles. The number of hydrogen-bond donors (Lipinski definition) is 4. The standard InChI is InChI=1S/C34H26N2O9/c1-14-21(37)11-20-25(28(14)38)32(42)27-26(29(20)39)31(41)24-19(33(27)45-3)9-6-16-10-17-12-35-36(34(43)23(17)30(40)22(16)24)13-15-4-7-18(44-2)8-5-15/h4-5,7-8,10-12,37-38,40-41H,6,9,13H2,1-3H3. The lowest BCUT2D eigenvalue weighted by Gasteiger charge is -2.29. The van der Waals surface area contributed by atoms with Crippen LogP contribution in [0.5, 0.6) is 34.5 Å². The third kappa shape index (κ3) is 3.83. The number of aromatic nitrogens is 2. The Hall–Kier alpha value is -5.84. The van der Waals surface area contributed by atoms with E-state index in [9.17, 15) is 34.8 Å². The number of aromatic hydroxyl groups is 4. The van der Waals surface area contributed by atoms with E-state index in [2.05, 4.69) is 5.10 Å². The second-order valence-corrected chi connectivity index (χ2v) is 11.1. The predicted octanol–water partition coefficient (Wildman–Crippen LogP) is 4.13. The Bertz CT molecular complexity index is 2220. The third-order valence-electron chi connectivity index (χ3n) is 8.77. The first kappa shape index (κ1) is 28.0. The summed E-state index contributed by atoms with van der Waals surface area (Å²) in [5.41, 5.74) is 0.217. The molecule has 0 unspecified atom stereocenters. The first-order valence-corrected chi connectivity index (χ1v) is 14.1. The number of fused-ring (bicyclic) bond motifs is 6. The number of ketones is 2. The molecule has 0 bridgehead atoms. The maximum atomic E-state index is 13.8. The number of hydrogen-bond acceptors (Lipinski definition) is 10. The molecule has 11 nitrogen and oxygen atoms in total. The van der Waals surface area contributed by atoms with Crippen molar-refractivity contribution in [3.63, 3.8) is 0 Å². The van der Waals surface area contributed by atoms with Crippen molar-refractivity contribution in [1.29, 1.82) is 0 Å². The zero-order valence-electron chi connectivity index (χ0n) is 24.4. The number of phenols is 4. The number of ether oxygens (including phenoxy) is 2. The molecule has 4 aromatic carbocycles. The average Bonchev–Trinajstić information content (AvgIpc) is 3.03. The van der Waals surface area contributed by atoms with Gasteiger partial charge >= 0.3 is 0 Å². The van der Waals surface area contributed by atoms with Gasteiger partial charge in [-0.3, -0.25) is 14.4 Å². The Balaban J connectivity index is 1.46. The van der Waals surface area contributed by atoms with Crippen LogP contribution in [-0.4, -0.2) is 56.0 Å². The molecule has 7 rings (SSSR count). The summed E-state index contributed by atoms with van der Waals surface area (Å²) in [5, 5.41) is 49.2. The number of benzene rings is 4. The molecule has 1 aromatic heterocycles. The van der Waals surface area contributed by atoms with E-state index in [1.165, 1.54) is 24.9 Å². The van der Waals surface area contributed by atoms with E-state index in [1.807, 2.05) is 0 Å². The maximum Gasteiger partial charge on any atom is 0.278 e. The lowest BCUT2D eigenvalue weighted by atomic mass is 9.75. The summed E-state index contributed by atoms with van der Waals surface area (Å²) in [4.78, 5) is 41.4. The molecular weight excluding hydrogens is 580 g/mol. The van der Waals surface area contributed by atoms with Crippen LogP contribution in [-0.2, 0) is 19.4 Å². The summed E-state index contributed by atoms with van der Waals surface area (Å²) < 4.78 is 12.1. The van der Waals surface area contributed by atoms with Crippen LogP contribution in [0.25, 0.3) is 21.9 Å². The highest BCUT2D eigenvalue weighted by Crippen LogP contribution is 2.54. The number of phenolic OH excluding ortho intramolecular Hbond substituents is 4. The van der Waals surface area contributed by atoms with Gasteiger partial charge in [0.15, 0.2) is 5.78 Å². The monoisotopic (exact) mass is 606 g/mol. The van der Waals surface area contributed by atoms with E-state index in [4.69, 9.17) is 9.47 Å². The maximum absolute atomic E-state index is 13.8. The van der Waals surface area contributed by atoms with E-state index in [0.29, 0.717) is 28.7 Å². The Morgan fingerprint density at radius 3 is 2.22 bits per heavy atom. The summed E-state index contributed by atoms with van der Waals surface area (Å²) in [6, 6.07) is 9.91. The predicted molar refractivity (Wildman–Crippen MR) is 162 cm³/mol. The van der Waals surface area contributed by atoms with E-state index in [0.717, 1.165) is 11.6 Å². The van der Waals surface area contributed by atoms with Crippen LogP contribution in [0.4, 0.5) is 0 Å². The quantitative estimate of drug-likeness (QED) is 0.229. The second kappa shape index (κ2) is 9.84. The van der Waals surface area contributed by atoms with Crippen LogP contribution < -0.4 is 15.0 Å². The normalized spacial score (nSPS) is 13.2. The molecule has 0 saturated carbocycles. The van der Waals surface area contributed by atoms with Crippen LogP contribution in [0.1, 0.15) is 54.1 Å². The first-order valence-electron chi connectivity index (χ1n) is 14.1. The van der Waals surface area contributed by atoms with Gasteiger partial charge in [-0.2, -0.15) is 5.10 Å². The number of aryl methyl sites for hydroxylation is 1. The molecule has 0 atom stereocenters. The third-order valence-corrected chi connectivity index (χ3v) is 8.77. The molecule has 5 aromatic rings. The molecule has 45 heavy (non-hydrogen) atoms. The van der Waals surface area contributed by atoms with Crippen LogP contribution in [0, 0.1) is 6.92 Å². The first-order chi connectivity index (χ1) is 21.6. The summed E-state index contributed by atoms with van der Waals surface area (Å²) in [6.07, 6.45) is 2.11. The van der Waals surface area contributed by atoms with Gasteiger partial charge in [-0.1, -0.05) is 12.1 Å². The summed E-state index contributed by atoms with van der Waals surface area (Å²) >= 11 is 0. The minimum Gasteiger partial charge on any atom is -0.508 e. The van der Waals surface area contributed by atoms with Gasteiger partial charge in [-0.15, -0.1) is 0 Å². The Morgan fingerprint density at radius 1 is 0.800 bits per heavy atom. The Labute approximate surface area is 255 Å². The summed E-state index contributed by atoms with van der Waals surface area (Å²) in [6.45, 7) is 1.53. The smallest absolute Gasteiger partial charge is 0.278 e. The molecule has 0 saturated heterocycles. The average molecular weight is 607 g/mol. The van der Waals surface area contributed by atoms with Gasteiger partial charge < -0.3 is 29.9 Å². The van der Waals surface area contributed by atoms with Gasteiger partial charge in [0.25, 0.3) is 5.56 Å². The molecular formula is C34H26N2O9. The Kier molecular flexibility index (Phi) is 6.12. The lowest BCUT2D eigenvalue weighted by Crippen LogP contribution is -2.25. The van der Waals surface area contributed by atoms with Gasteiger partial charge in [-0.25, -0.2) is 4.68 Å². The fourth-order valence-electron chi connectivity index (χ4n) is 6.50. The summed E-state index contributed by atoms with van der Waals surface area (Å²) in [5.74, 6) is -2.81. The van der Waals surface area contributed by atoms with E-state index in [1.54, 1.807) is 37.4 Å². The number of carbonyl (C=O) groups excluding carboxylic acids is 2. The second-order valence-electron chi connectivity index (χ2n) is 11.1. The molecule has 226 valence electrons. The van der Waals surface area contributed by atoms with Crippen molar-refractivity contribution < 1.29 is 39.5 Å². The van der Waals surface area contributed by atoms with Gasteiger partial charge in [0.1, 0.15) is 34.5 Å². The van der Waals surface area contributed by atoms with Crippen molar-refractivity contribution in [2.45, 2.75) is 26.3 Å². The molecule has 4 N–H and O–H groups in total. The van der Waals surface area contributed by atoms with Gasteiger partial charge in [0.05, 0.1) is 49.0 Å². The van der Waals surface area contributed by atoms with Crippen molar-refractivity contribution in [2.24, 2.45) is 0 Å². The Morgan fingerprint density at radius 2 is 1.53 bits per heavy atom. The van der Waals surface area contributed by atoms with Gasteiger partial charge in [-0.05, 0) is 55.2 Å². The SMILES string of the molecule is COc1ccc(Cn2ncc3cc4c(c(O)c3c2=O)-c2c(O)c3c(c(OC)c2CC4)C(=O)c2c(cc(O)c(C)c2O)C3=O)cc1. The highest BCUT2D eigenvalue weighted by atomic mass is 16.5. The molecule has 11 heteroatoms. The highest BCUT2D eigenvalue weighted by molar-refractivity contribution is 6.32. The molecule has 0 amide bonds. The van der Waals surface area contributed by atoms with Crippen LogP contribution >= 0.6 is 0 Å². The van der Waals surface area contributed by atoms with Crippen LogP contribution in [0.3, 0.4) is 0 Å². The van der Waals surface area contributed by atoms with Gasteiger partial charge in [0.2, 0.25) is 5.78 Å². The summed E-state index contributed by atoms with van der Waals surface area (Å²) in [7, 11) is 2.87. The molecule has 2 aliphatic rings. The molecule has 0 spiro atoms. The van der Waals surface area contributed by atoms with E-state index in [-0.39, 0.29) is 63.0 Å². The lowest BCUT2D eigenvalue weighted by molar-refractivity contribution is 0.0971. The van der Waals surface area contributed by atoms with Crippen molar-refractivity contribution in [3.05, 3.63) is 97.5 Å². The van der Waals surface area contributed by atoms with Crippen molar-refractivity contribution in [1.82, 2.24) is 9.78 Å². The number of carbonyl (C=O) groups is 2. The van der Waals surface area contributed by atoms with Crippen molar-refractivity contribution in [2.75, 3.05) is 14.2 Å². The minimum absolute atomic E-state index is 0.0173. The largest absolute Gasteiger partial charge is 0.508 e. The molecule has 0 radical (unpaired) electrons. The topological polar surface area (TPSA) is 168 Å². The fourth-order valence-corrected chi connectivity index (χ4v) is 6.50. The highest BCUT2D eigenvalue weighted by Gasteiger charge is 2.42. The molecule has 1 heterocycles. The zero-order valence-corrected chi connectivity index (χ0v) is 24.4. The van der Waals surface area contributed by atoms with Crippen LogP contribution in [0.2, 0.25) is 0 Å². The van der Waals surface area contributed by atoms with Crippen molar-refractivity contribution in [3.8, 4) is 45.6 Å². The van der Waals surface area contributed by atoms with Crippen LogP contribution in [0.15, 0.2) is 47.4 Å². The molecule has 0 aliphatic heterocycles. The van der Waals surface area contributed by atoms with Crippen molar-refractivity contribution >= 4 is 22.3 Å².